The lowest BCUT2D eigenvalue weighted by Crippen LogP contribution is -2.35. The largest absolute Gasteiger partial charge is 0.491 e. The minimum absolute atomic E-state index is 0.0624. The van der Waals surface area contributed by atoms with Crippen molar-refractivity contribution in [2.75, 3.05) is 31.1 Å². The summed E-state index contributed by atoms with van der Waals surface area (Å²) in [5.74, 6) is 1.77. The molecule has 0 aliphatic carbocycles. The molecule has 0 unspecified atom stereocenters. The number of fused-ring (bicyclic) bond motifs is 1. The Labute approximate surface area is 164 Å². The predicted molar refractivity (Wildman–Crippen MR) is 109 cm³/mol. The average molecular weight is 379 g/mol. The zero-order valence-electron chi connectivity index (χ0n) is 16.3. The van der Waals surface area contributed by atoms with Crippen molar-refractivity contribution < 1.29 is 9.53 Å². The van der Waals surface area contributed by atoms with Gasteiger partial charge in [-0.25, -0.2) is 9.97 Å². The third-order valence-corrected chi connectivity index (χ3v) is 4.89. The van der Waals surface area contributed by atoms with E-state index in [1.165, 1.54) is 0 Å². The van der Waals surface area contributed by atoms with E-state index in [9.17, 15) is 4.79 Å². The number of hydrogen-bond donors (Lipinski definition) is 1. The van der Waals surface area contributed by atoms with Crippen LogP contribution in [0.4, 0.5) is 5.82 Å². The first-order valence-electron chi connectivity index (χ1n) is 9.71. The van der Waals surface area contributed by atoms with Crippen LogP contribution in [-0.2, 0) is 0 Å². The van der Waals surface area contributed by atoms with Gasteiger partial charge in [0.2, 0.25) is 0 Å². The lowest BCUT2D eigenvalue weighted by molar-refractivity contribution is 0.0767. The number of benzene rings is 1. The zero-order chi connectivity index (χ0) is 19.5. The number of carbonyl (C=O) groups excluding carboxylic acids is 1. The fourth-order valence-corrected chi connectivity index (χ4v) is 3.57. The van der Waals surface area contributed by atoms with Gasteiger partial charge in [0.15, 0.2) is 0 Å². The molecule has 3 heterocycles. The number of nitrogens with zero attached hydrogens (tertiary/aromatic N) is 4. The number of aromatic nitrogens is 3. The van der Waals surface area contributed by atoms with Crippen molar-refractivity contribution in [3.8, 4) is 5.75 Å². The van der Waals surface area contributed by atoms with Gasteiger partial charge in [-0.3, -0.25) is 4.79 Å². The molecule has 1 amide bonds. The lowest BCUT2D eigenvalue weighted by Gasteiger charge is -2.23. The molecule has 1 saturated heterocycles. The summed E-state index contributed by atoms with van der Waals surface area (Å²) in [4.78, 5) is 29.0. The monoisotopic (exact) mass is 379 g/mol. The molecule has 0 atom stereocenters. The Kier molecular flexibility index (Phi) is 5.14. The molecule has 28 heavy (non-hydrogen) atoms. The van der Waals surface area contributed by atoms with E-state index in [1.807, 2.05) is 55.3 Å². The van der Waals surface area contributed by atoms with Crippen LogP contribution in [-0.4, -0.2) is 58.0 Å². The number of anilines is 1. The fourth-order valence-electron chi connectivity index (χ4n) is 3.57. The number of amides is 1. The Bertz CT molecular complexity index is 951. The molecule has 0 spiro atoms. The van der Waals surface area contributed by atoms with E-state index in [2.05, 4.69) is 19.9 Å². The molecular weight excluding hydrogens is 354 g/mol. The second kappa shape index (κ2) is 7.88. The molecule has 1 aliphatic heterocycles. The van der Waals surface area contributed by atoms with Crippen molar-refractivity contribution in [3.63, 3.8) is 0 Å². The summed E-state index contributed by atoms with van der Waals surface area (Å²) in [6, 6.07) is 9.41. The highest BCUT2D eigenvalue weighted by molar-refractivity contribution is 5.94. The van der Waals surface area contributed by atoms with Gasteiger partial charge in [-0.05, 0) is 50.6 Å². The van der Waals surface area contributed by atoms with E-state index in [0.717, 1.165) is 48.7 Å². The fraction of sp³-hybridized carbons (Fsp3) is 0.381. The number of aromatic amines is 1. The van der Waals surface area contributed by atoms with E-state index >= 15 is 0 Å². The van der Waals surface area contributed by atoms with Crippen molar-refractivity contribution in [2.45, 2.75) is 26.4 Å². The van der Waals surface area contributed by atoms with Crippen LogP contribution >= 0.6 is 0 Å². The first-order chi connectivity index (χ1) is 13.6. The van der Waals surface area contributed by atoms with E-state index in [4.69, 9.17) is 4.74 Å². The molecular formula is C21H25N5O2. The summed E-state index contributed by atoms with van der Waals surface area (Å²) >= 11 is 0. The SMILES string of the molecule is CC(C)Oc1ccc(C(=O)N2CCCN(c3ncnc4[nH]ccc34)CC2)cc1. The van der Waals surface area contributed by atoms with Gasteiger partial charge in [0.05, 0.1) is 11.5 Å². The topological polar surface area (TPSA) is 74.3 Å². The highest BCUT2D eigenvalue weighted by Crippen LogP contribution is 2.23. The van der Waals surface area contributed by atoms with Gasteiger partial charge in [-0.15, -0.1) is 0 Å². The Hall–Kier alpha value is -3.09. The summed E-state index contributed by atoms with van der Waals surface area (Å²) < 4.78 is 5.66. The summed E-state index contributed by atoms with van der Waals surface area (Å²) in [5.41, 5.74) is 1.53. The summed E-state index contributed by atoms with van der Waals surface area (Å²) in [7, 11) is 0. The molecule has 1 N–H and O–H groups in total. The van der Waals surface area contributed by atoms with E-state index in [1.54, 1.807) is 6.33 Å². The molecule has 146 valence electrons. The summed E-state index contributed by atoms with van der Waals surface area (Å²) in [6.07, 6.45) is 4.48. The molecule has 0 bridgehead atoms. The molecule has 1 fully saturated rings. The van der Waals surface area contributed by atoms with E-state index in [-0.39, 0.29) is 12.0 Å². The van der Waals surface area contributed by atoms with Crippen LogP contribution in [0.15, 0.2) is 42.9 Å². The molecule has 0 saturated carbocycles. The van der Waals surface area contributed by atoms with Gasteiger partial charge >= 0.3 is 0 Å². The van der Waals surface area contributed by atoms with Crippen molar-refractivity contribution in [1.82, 2.24) is 19.9 Å². The third-order valence-electron chi connectivity index (χ3n) is 4.89. The van der Waals surface area contributed by atoms with Gasteiger partial charge in [-0.2, -0.15) is 0 Å². The lowest BCUT2D eigenvalue weighted by atomic mass is 10.2. The average Bonchev–Trinajstić information content (AvgIpc) is 3.04. The van der Waals surface area contributed by atoms with Gasteiger partial charge in [-0.1, -0.05) is 0 Å². The Morgan fingerprint density at radius 1 is 1.07 bits per heavy atom. The van der Waals surface area contributed by atoms with Gasteiger partial charge in [0, 0.05) is 37.9 Å². The highest BCUT2D eigenvalue weighted by atomic mass is 16.5. The zero-order valence-corrected chi connectivity index (χ0v) is 16.3. The number of rotatable bonds is 4. The molecule has 2 aromatic heterocycles. The second-order valence-corrected chi connectivity index (χ2v) is 7.26. The molecule has 1 aromatic carbocycles. The minimum Gasteiger partial charge on any atom is -0.491 e. The molecule has 0 radical (unpaired) electrons. The van der Waals surface area contributed by atoms with Crippen molar-refractivity contribution in [2.24, 2.45) is 0 Å². The molecule has 7 nitrogen and oxygen atoms in total. The maximum Gasteiger partial charge on any atom is 0.253 e. The van der Waals surface area contributed by atoms with Crippen LogP contribution in [0.25, 0.3) is 11.0 Å². The first-order valence-corrected chi connectivity index (χ1v) is 9.71. The first kappa shape index (κ1) is 18.3. The molecule has 1 aliphatic rings. The van der Waals surface area contributed by atoms with Crippen LogP contribution < -0.4 is 9.64 Å². The van der Waals surface area contributed by atoms with Crippen LogP contribution in [0, 0.1) is 0 Å². The Morgan fingerprint density at radius 2 is 1.89 bits per heavy atom. The maximum absolute atomic E-state index is 12.9. The Balaban J connectivity index is 1.45. The normalized spacial score (nSPS) is 15.1. The Morgan fingerprint density at radius 3 is 2.68 bits per heavy atom. The standard InChI is InChI=1S/C21H25N5O2/c1-15(2)28-17-6-4-16(5-7-17)21(27)26-11-3-10-25(12-13-26)20-18-8-9-22-19(18)23-14-24-20/h4-9,14-15H,3,10-13H2,1-2H3,(H,22,23,24). The van der Waals surface area contributed by atoms with Gasteiger partial charge in [0.25, 0.3) is 5.91 Å². The van der Waals surface area contributed by atoms with Crippen LogP contribution in [0.2, 0.25) is 0 Å². The number of nitrogens with one attached hydrogen (secondary N) is 1. The predicted octanol–water partition coefficient (Wildman–Crippen LogP) is 3.10. The van der Waals surface area contributed by atoms with E-state index in [0.29, 0.717) is 12.1 Å². The van der Waals surface area contributed by atoms with Crippen LogP contribution in [0.5, 0.6) is 5.75 Å². The highest BCUT2D eigenvalue weighted by Gasteiger charge is 2.22. The number of hydrogen-bond acceptors (Lipinski definition) is 5. The molecule has 3 aromatic rings. The van der Waals surface area contributed by atoms with E-state index < -0.39 is 0 Å². The number of ether oxygens (including phenoxy) is 1. The molecule has 7 heteroatoms. The summed E-state index contributed by atoms with van der Waals surface area (Å²) in [6.45, 7) is 6.99. The maximum atomic E-state index is 12.9. The minimum atomic E-state index is 0.0624. The van der Waals surface area contributed by atoms with Crippen LogP contribution in [0.1, 0.15) is 30.6 Å². The third kappa shape index (κ3) is 3.78. The molecule has 4 rings (SSSR count). The quantitative estimate of drug-likeness (QED) is 0.754. The summed E-state index contributed by atoms with van der Waals surface area (Å²) in [5, 5.41) is 1.02. The number of H-pyrrole nitrogens is 1. The number of carbonyl (C=O) groups is 1. The van der Waals surface area contributed by atoms with Crippen molar-refractivity contribution >= 4 is 22.8 Å². The van der Waals surface area contributed by atoms with Gasteiger partial charge < -0.3 is 19.5 Å². The second-order valence-electron chi connectivity index (χ2n) is 7.26. The van der Waals surface area contributed by atoms with Crippen molar-refractivity contribution in [3.05, 3.63) is 48.4 Å². The van der Waals surface area contributed by atoms with Gasteiger partial charge in [0.1, 0.15) is 23.5 Å². The smallest absolute Gasteiger partial charge is 0.253 e. The van der Waals surface area contributed by atoms with Crippen LogP contribution in [0.3, 0.4) is 0 Å². The van der Waals surface area contributed by atoms with Crippen molar-refractivity contribution in [1.29, 1.82) is 0 Å².